The van der Waals surface area contributed by atoms with Gasteiger partial charge in [0.05, 0.1) is 44.1 Å². The third-order valence-corrected chi connectivity index (χ3v) is 14.9. The van der Waals surface area contributed by atoms with Crippen LogP contribution in [0.3, 0.4) is 0 Å². The molecule has 3 aliphatic carbocycles. The van der Waals surface area contributed by atoms with Gasteiger partial charge in [0, 0.05) is 35.8 Å². The summed E-state index contributed by atoms with van der Waals surface area (Å²) in [6, 6.07) is 2.73. The topological polar surface area (TPSA) is 209 Å². The van der Waals surface area contributed by atoms with E-state index in [1.165, 1.54) is 23.3 Å². The van der Waals surface area contributed by atoms with Crippen molar-refractivity contribution in [3.05, 3.63) is 28.6 Å². The number of nitrogens with one attached hydrogen (secondary N) is 3. The second kappa shape index (κ2) is 20.2. The van der Waals surface area contributed by atoms with Crippen molar-refractivity contribution in [2.45, 2.75) is 148 Å². The van der Waals surface area contributed by atoms with Gasteiger partial charge in [-0.05, 0) is 95.6 Å². The first-order chi connectivity index (χ1) is 33.1. The normalized spacial score (nSPS) is 26.5. The molecule has 382 valence electrons. The number of hydrogen-bond acceptors (Lipinski definition) is 15. The van der Waals surface area contributed by atoms with Crippen molar-refractivity contribution in [1.82, 2.24) is 30.4 Å². The molecule has 9 atom stereocenters. The number of pyridine rings is 1. The number of methoxy groups -OCH3 is 1. The summed E-state index contributed by atoms with van der Waals surface area (Å²) in [6.45, 7) is 17.9. The Balaban J connectivity index is 1.10. The van der Waals surface area contributed by atoms with Gasteiger partial charge in [-0.25, -0.2) is 24.4 Å². The van der Waals surface area contributed by atoms with Crippen LogP contribution < -0.4 is 25.4 Å². The Labute approximate surface area is 418 Å². The number of aromatic nitrogens is 2. The van der Waals surface area contributed by atoms with Crippen molar-refractivity contribution in [3.63, 3.8) is 0 Å². The molecule has 0 radical (unpaired) electrons. The average molecular weight is 1010 g/mol. The fourth-order valence-electron chi connectivity index (χ4n) is 9.98. The predicted octanol–water partition coefficient (Wildman–Crippen LogP) is 7.59. The fourth-order valence-corrected chi connectivity index (χ4v) is 11.1. The van der Waals surface area contributed by atoms with Gasteiger partial charge in [0.1, 0.15) is 64.3 Å². The molecule has 18 nitrogen and oxygen atoms in total. The molecule has 3 saturated carbocycles. The van der Waals surface area contributed by atoms with Crippen LogP contribution in [0.25, 0.3) is 22.3 Å². The quantitative estimate of drug-likeness (QED) is 0.0990. The molecule has 4 amide bonds. The van der Waals surface area contributed by atoms with Crippen LogP contribution in [-0.2, 0) is 33.3 Å². The summed E-state index contributed by atoms with van der Waals surface area (Å²) in [4.78, 5) is 82.2. The molecule has 1 aromatic carbocycles. The second-order valence-electron chi connectivity index (χ2n) is 21.8. The number of rotatable bonds is 15. The highest BCUT2D eigenvalue weighted by Gasteiger charge is 2.62. The maximum absolute atomic E-state index is 15.0. The zero-order chi connectivity index (χ0) is 50.4. The van der Waals surface area contributed by atoms with Gasteiger partial charge < -0.3 is 49.3 Å². The number of halogens is 1. The Morgan fingerprint density at radius 3 is 2.37 bits per heavy atom. The minimum atomic E-state index is -1.22. The zero-order valence-electron chi connectivity index (χ0n) is 41.8. The molecule has 1 unspecified atom stereocenters. The van der Waals surface area contributed by atoms with Crippen molar-refractivity contribution in [2.24, 2.45) is 23.2 Å². The number of fused-ring (bicyclic) bond motifs is 2. The third-order valence-electron chi connectivity index (χ3n) is 13.8. The van der Waals surface area contributed by atoms with Crippen LogP contribution >= 0.6 is 22.9 Å². The van der Waals surface area contributed by atoms with Crippen molar-refractivity contribution in [3.8, 4) is 22.9 Å². The highest BCUT2D eigenvalue weighted by molar-refractivity contribution is 7.14. The minimum Gasteiger partial charge on any atom is -0.490 e. The summed E-state index contributed by atoms with van der Waals surface area (Å²) in [5, 5.41) is 12.5. The van der Waals surface area contributed by atoms with Gasteiger partial charge in [-0.3, -0.25) is 14.5 Å². The Kier molecular flexibility index (Phi) is 14.8. The number of amides is 4. The van der Waals surface area contributed by atoms with Gasteiger partial charge in [0.2, 0.25) is 11.8 Å². The van der Waals surface area contributed by atoms with E-state index in [0.717, 1.165) is 19.3 Å². The van der Waals surface area contributed by atoms with E-state index in [-0.39, 0.29) is 49.3 Å². The Bertz CT molecular complexity index is 2470. The predicted molar refractivity (Wildman–Crippen MR) is 263 cm³/mol. The van der Waals surface area contributed by atoms with Crippen LogP contribution in [0.1, 0.15) is 101 Å². The largest absolute Gasteiger partial charge is 0.490 e. The summed E-state index contributed by atoms with van der Waals surface area (Å²) in [6.07, 6.45) is 1.76. The minimum absolute atomic E-state index is 0.0422. The molecule has 70 heavy (non-hydrogen) atoms. The summed E-state index contributed by atoms with van der Waals surface area (Å²) >= 11 is 8.63. The number of carbonyl (C=O) groups excluding carboxylic acids is 5. The van der Waals surface area contributed by atoms with E-state index in [1.54, 1.807) is 23.1 Å². The monoisotopic (exact) mass is 1010 g/mol. The van der Waals surface area contributed by atoms with Gasteiger partial charge >= 0.3 is 18.2 Å². The molecular weight excluding hydrogens is 942 g/mol. The molecule has 5 aliphatic rings. The van der Waals surface area contributed by atoms with Gasteiger partial charge in [0.15, 0.2) is 5.13 Å². The van der Waals surface area contributed by atoms with Crippen LogP contribution in [0.5, 0.6) is 11.5 Å². The van der Waals surface area contributed by atoms with Crippen molar-refractivity contribution < 1.29 is 52.4 Å². The summed E-state index contributed by atoms with van der Waals surface area (Å²) < 4.78 is 35.6. The van der Waals surface area contributed by atoms with Crippen molar-refractivity contribution in [2.75, 3.05) is 45.3 Å². The Morgan fingerprint density at radius 1 is 0.971 bits per heavy atom. The number of carbonyl (C=O) groups is 5. The van der Waals surface area contributed by atoms with E-state index in [2.05, 4.69) is 16.0 Å². The SMILES string of the molecule is CC[C@@H]1C[C@]1(NC(=O)[C@@H]1C[C@@H](Oc2cc(-c3csc(NC(C)C)n3)nc3c(Cl)c(OC[C@@H]4COCCN4C(=O)OC(C)(C)C)ccc23)CN1C(=O)[C@@H](NC(=O)OC1C[C@@H]2C[C@@H]2C1)C(C)(C)C)C(=O)OC. The molecule has 8 rings (SSSR count). The lowest BCUT2D eigenvalue weighted by Gasteiger charge is -2.36. The molecular formula is C50H68ClN7O11S. The third kappa shape index (κ3) is 11.3. The van der Waals surface area contributed by atoms with Crippen molar-refractivity contribution >= 4 is 68.9 Å². The Morgan fingerprint density at radius 2 is 1.71 bits per heavy atom. The molecule has 2 saturated heterocycles. The van der Waals surface area contributed by atoms with Crippen LogP contribution in [0.4, 0.5) is 14.7 Å². The maximum atomic E-state index is 15.0. The first-order valence-electron chi connectivity index (χ1n) is 24.5. The number of nitrogens with zero attached hydrogens (tertiary/aromatic N) is 4. The molecule has 2 aliphatic heterocycles. The fraction of sp³-hybridized carbons (Fsp3) is 0.660. The number of ether oxygens (including phenoxy) is 6. The highest BCUT2D eigenvalue weighted by atomic mass is 35.5. The number of anilines is 1. The number of likely N-dealkylation sites (tertiary alicyclic amines) is 1. The molecule has 0 spiro atoms. The standard InChI is InChI=1S/C50H68ClN7O11S/c1-11-29-21-50(29,44(61)64-10)56-42(59)36-19-32(22-58(36)43(60)41(48(4,5)6)55-46(62)68-31-17-27-16-28(27)18-31)67-38-20-34(35-25-70-45(54-35)52-26(2)3)53-40-33(38)12-13-37(39(40)51)66-24-30-23-65-15-14-57(30)47(63)69-49(7,8)9/h12-13,20,25-32,36,41H,11,14-19,21-24H2,1-10H3,(H,52,54)(H,55,62)(H,56,59)/t27-,28+,29-,30+,31?,32-,36+,41-,50-/m1/s1. The molecule has 3 aromatic rings. The summed E-state index contributed by atoms with van der Waals surface area (Å²) in [5.41, 5.74) is -1.36. The number of alkyl carbamates (subject to hydrolysis) is 1. The van der Waals surface area contributed by atoms with Crippen LogP contribution in [0.15, 0.2) is 23.6 Å². The number of thiazole rings is 1. The molecule has 0 bridgehead atoms. The van der Waals surface area contributed by atoms with Gasteiger partial charge in [0.25, 0.3) is 0 Å². The first kappa shape index (κ1) is 51.2. The molecule has 20 heteroatoms. The van der Waals surface area contributed by atoms with E-state index in [9.17, 15) is 24.0 Å². The van der Waals surface area contributed by atoms with Gasteiger partial charge in [-0.1, -0.05) is 45.7 Å². The maximum Gasteiger partial charge on any atom is 0.410 e. The lowest BCUT2D eigenvalue weighted by molar-refractivity contribution is -0.148. The molecule has 2 aromatic heterocycles. The molecule has 3 N–H and O–H groups in total. The number of benzene rings is 1. The van der Waals surface area contributed by atoms with Crippen molar-refractivity contribution in [1.29, 1.82) is 0 Å². The lowest BCUT2D eigenvalue weighted by Crippen LogP contribution is -2.59. The van der Waals surface area contributed by atoms with E-state index >= 15 is 0 Å². The smallest absolute Gasteiger partial charge is 0.410 e. The van der Waals surface area contributed by atoms with Gasteiger partial charge in [-0.15, -0.1) is 11.3 Å². The zero-order valence-corrected chi connectivity index (χ0v) is 43.4. The summed E-state index contributed by atoms with van der Waals surface area (Å²) in [7, 11) is 1.29. The lowest BCUT2D eigenvalue weighted by atomic mass is 9.85. The first-order valence-corrected chi connectivity index (χ1v) is 25.7. The van der Waals surface area contributed by atoms with Crippen LogP contribution in [0.2, 0.25) is 5.02 Å². The second-order valence-corrected chi connectivity index (χ2v) is 23.0. The number of esters is 1. The highest BCUT2D eigenvalue weighted by Crippen LogP contribution is 2.52. The molecule has 4 heterocycles. The average Bonchev–Trinajstić information content (AvgIpc) is 3.96. The molecule has 5 fully saturated rings. The number of morpholine rings is 1. The van der Waals surface area contributed by atoms with Crippen LogP contribution in [-0.4, -0.2) is 137 Å². The van der Waals surface area contributed by atoms with E-state index in [1.807, 2.05) is 67.7 Å². The van der Waals surface area contributed by atoms with Crippen LogP contribution in [0, 0.1) is 23.2 Å². The summed E-state index contributed by atoms with van der Waals surface area (Å²) in [5.74, 6) is 0.137. The van der Waals surface area contributed by atoms with Gasteiger partial charge in [-0.2, -0.15) is 0 Å². The van der Waals surface area contributed by atoms with E-state index in [4.69, 9.17) is 50.0 Å². The van der Waals surface area contributed by atoms with E-state index < -0.39 is 70.8 Å². The van der Waals surface area contributed by atoms with E-state index in [0.29, 0.717) is 76.8 Å². The number of hydrogen-bond donors (Lipinski definition) is 3. The Hall–Kier alpha value is -5.14.